The molecule has 0 aliphatic carbocycles. The second-order valence-corrected chi connectivity index (χ2v) is 5.84. The van der Waals surface area contributed by atoms with Crippen molar-refractivity contribution in [1.82, 2.24) is 14.9 Å². The van der Waals surface area contributed by atoms with Gasteiger partial charge in [-0.05, 0) is 25.1 Å². The van der Waals surface area contributed by atoms with Crippen LogP contribution in [0, 0.1) is 6.92 Å². The number of amides is 1. The largest absolute Gasteiger partial charge is 0.471 e. The first-order valence-electron chi connectivity index (χ1n) is 7.66. The van der Waals surface area contributed by atoms with Crippen LogP contribution in [-0.4, -0.2) is 40.0 Å². The molecule has 0 spiro atoms. The van der Waals surface area contributed by atoms with Crippen LogP contribution in [0.3, 0.4) is 0 Å². The molecule has 0 unspecified atom stereocenters. The van der Waals surface area contributed by atoms with Crippen LogP contribution in [0.5, 0.6) is 5.88 Å². The lowest BCUT2D eigenvalue weighted by molar-refractivity contribution is 0.0156. The molecular formula is C18H17N3O2. The molecule has 0 bridgehead atoms. The van der Waals surface area contributed by atoms with E-state index >= 15 is 0 Å². The molecule has 3 aromatic rings. The average Bonchev–Trinajstić information content (AvgIpc) is 2.94. The van der Waals surface area contributed by atoms with E-state index in [0.29, 0.717) is 24.7 Å². The average molecular weight is 307 g/mol. The van der Waals surface area contributed by atoms with Gasteiger partial charge in [0.2, 0.25) is 5.88 Å². The summed E-state index contributed by atoms with van der Waals surface area (Å²) in [5.74, 6) is 0.631. The molecule has 4 rings (SSSR count). The number of pyridine rings is 1. The Kier molecular flexibility index (Phi) is 3.26. The molecule has 2 aromatic heterocycles. The number of hydrogen-bond donors (Lipinski definition) is 1. The van der Waals surface area contributed by atoms with Crippen molar-refractivity contribution in [2.24, 2.45) is 0 Å². The molecule has 5 heteroatoms. The van der Waals surface area contributed by atoms with Gasteiger partial charge >= 0.3 is 0 Å². The van der Waals surface area contributed by atoms with Crippen LogP contribution in [0.2, 0.25) is 0 Å². The van der Waals surface area contributed by atoms with Crippen molar-refractivity contribution in [2.45, 2.75) is 13.0 Å². The molecule has 0 radical (unpaired) electrons. The third-order valence-corrected chi connectivity index (χ3v) is 4.05. The molecule has 5 nitrogen and oxygen atoms in total. The number of carbonyl (C=O) groups excluding carboxylic acids is 1. The molecule has 1 N–H and O–H groups in total. The van der Waals surface area contributed by atoms with E-state index in [0.717, 1.165) is 16.6 Å². The van der Waals surface area contributed by atoms with Gasteiger partial charge in [0, 0.05) is 22.7 Å². The number of aromatic nitrogens is 2. The number of para-hydroxylation sites is 1. The molecule has 1 aliphatic rings. The number of aryl methyl sites for hydroxylation is 1. The highest BCUT2D eigenvalue weighted by molar-refractivity contribution is 5.98. The summed E-state index contributed by atoms with van der Waals surface area (Å²) in [6.07, 6.45) is 0.0117. The maximum Gasteiger partial charge on any atom is 0.270 e. The Hall–Kier alpha value is -2.82. The number of nitrogens with one attached hydrogen (secondary N) is 1. The van der Waals surface area contributed by atoms with Crippen LogP contribution in [0.4, 0.5) is 0 Å². The number of rotatable bonds is 3. The van der Waals surface area contributed by atoms with Gasteiger partial charge in [0.15, 0.2) is 0 Å². The lowest BCUT2D eigenvalue weighted by Gasteiger charge is -2.38. The second-order valence-electron chi connectivity index (χ2n) is 5.84. The molecule has 0 atom stereocenters. The monoisotopic (exact) mass is 307 g/mol. The van der Waals surface area contributed by atoms with E-state index in [2.05, 4.69) is 9.97 Å². The smallest absolute Gasteiger partial charge is 0.270 e. The Morgan fingerprint density at radius 3 is 2.83 bits per heavy atom. The number of ether oxygens (including phenoxy) is 1. The highest BCUT2D eigenvalue weighted by Gasteiger charge is 2.33. The standard InChI is InChI=1S/C18H17N3O2/c1-12-5-4-8-17(19-12)23-14-10-21(11-14)18(22)16-9-13-6-2-3-7-15(13)20-16/h2-9,14,20H,10-11H2,1H3. The SMILES string of the molecule is Cc1cccc(OC2CN(C(=O)c3cc4ccccc4[nH]3)C2)n1. The van der Waals surface area contributed by atoms with Crippen molar-refractivity contribution in [1.29, 1.82) is 0 Å². The zero-order chi connectivity index (χ0) is 15.8. The Labute approximate surface area is 133 Å². The van der Waals surface area contributed by atoms with Crippen molar-refractivity contribution < 1.29 is 9.53 Å². The lowest BCUT2D eigenvalue weighted by Crippen LogP contribution is -2.56. The van der Waals surface area contributed by atoms with Gasteiger partial charge in [-0.25, -0.2) is 4.98 Å². The molecule has 1 amide bonds. The zero-order valence-corrected chi connectivity index (χ0v) is 12.8. The number of likely N-dealkylation sites (tertiary alicyclic amines) is 1. The number of H-pyrrole nitrogens is 1. The van der Waals surface area contributed by atoms with Crippen LogP contribution in [0.25, 0.3) is 10.9 Å². The molecule has 1 fully saturated rings. The summed E-state index contributed by atoms with van der Waals surface area (Å²) in [7, 11) is 0. The molecular weight excluding hydrogens is 290 g/mol. The first-order chi connectivity index (χ1) is 11.2. The van der Waals surface area contributed by atoms with Gasteiger partial charge in [0.25, 0.3) is 5.91 Å². The topological polar surface area (TPSA) is 58.2 Å². The summed E-state index contributed by atoms with van der Waals surface area (Å²) in [4.78, 5) is 21.7. The minimum absolute atomic E-state index is 0.0117. The molecule has 0 saturated carbocycles. The summed E-state index contributed by atoms with van der Waals surface area (Å²) >= 11 is 0. The van der Waals surface area contributed by atoms with Crippen molar-refractivity contribution >= 4 is 16.8 Å². The van der Waals surface area contributed by atoms with E-state index < -0.39 is 0 Å². The van der Waals surface area contributed by atoms with Crippen molar-refractivity contribution in [3.05, 3.63) is 59.9 Å². The van der Waals surface area contributed by atoms with Gasteiger partial charge in [-0.2, -0.15) is 0 Å². The van der Waals surface area contributed by atoms with Crippen LogP contribution in [0.15, 0.2) is 48.5 Å². The predicted molar refractivity (Wildman–Crippen MR) is 87.6 cm³/mol. The number of aromatic amines is 1. The fourth-order valence-corrected chi connectivity index (χ4v) is 2.79. The number of carbonyl (C=O) groups is 1. The Balaban J connectivity index is 1.40. The van der Waals surface area contributed by atoms with Crippen molar-refractivity contribution in [3.63, 3.8) is 0 Å². The number of benzene rings is 1. The van der Waals surface area contributed by atoms with E-state index in [4.69, 9.17) is 4.74 Å². The van der Waals surface area contributed by atoms with Crippen LogP contribution in [0.1, 0.15) is 16.2 Å². The van der Waals surface area contributed by atoms with E-state index in [1.54, 1.807) is 4.90 Å². The quantitative estimate of drug-likeness (QED) is 0.809. The summed E-state index contributed by atoms with van der Waals surface area (Å²) in [6.45, 7) is 3.10. The lowest BCUT2D eigenvalue weighted by atomic mass is 10.1. The molecule has 1 aromatic carbocycles. The molecule has 1 saturated heterocycles. The maximum absolute atomic E-state index is 12.5. The Bertz CT molecular complexity index is 832. The van der Waals surface area contributed by atoms with E-state index in [1.807, 2.05) is 55.5 Å². The molecule has 3 heterocycles. The van der Waals surface area contributed by atoms with Gasteiger partial charge < -0.3 is 14.6 Å². The van der Waals surface area contributed by atoms with Crippen LogP contribution < -0.4 is 4.74 Å². The Morgan fingerprint density at radius 1 is 1.22 bits per heavy atom. The summed E-state index contributed by atoms with van der Waals surface area (Å²) < 4.78 is 5.79. The van der Waals surface area contributed by atoms with Gasteiger partial charge in [-0.15, -0.1) is 0 Å². The van der Waals surface area contributed by atoms with Crippen molar-refractivity contribution in [2.75, 3.05) is 13.1 Å². The third kappa shape index (κ3) is 2.65. The molecule has 23 heavy (non-hydrogen) atoms. The Morgan fingerprint density at radius 2 is 2.04 bits per heavy atom. The zero-order valence-electron chi connectivity index (χ0n) is 12.8. The predicted octanol–water partition coefficient (Wildman–Crippen LogP) is 2.77. The second kappa shape index (κ2) is 5.43. The van der Waals surface area contributed by atoms with E-state index in [1.165, 1.54) is 0 Å². The van der Waals surface area contributed by atoms with E-state index in [-0.39, 0.29) is 12.0 Å². The van der Waals surface area contributed by atoms with E-state index in [9.17, 15) is 4.79 Å². The van der Waals surface area contributed by atoms with Crippen LogP contribution in [-0.2, 0) is 0 Å². The minimum Gasteiger partial charge on any atom is -0.471 e. The highest BCUT2D eigenvalue weighted by atomic mass is 16.5. The van der Waals surface area contributed by atoms with Gasteiger partial charge in [0.1, 0.15) is 11.8 Å². The minimum atomic E-state index is 0.0117. The fourth-order valence-electron chi connectivity index (χ4n) is 2.79. The summed E-state index contributed by atoms with van der Waals surface area (Å²) in [6, 6.07) is 15.5. The first kappa shape index (κ1) is 13.8. The first-order valence-corrected chi connectivity index (χ1v) is 7.66. The highest BCUT2D eigenvalue weighted by Crippen LogP contribution is 2.21. The van der Waals surface area contributed by atoms with Gasteiger partial charge in [-0.3, -0.25) is 4.79 Å². The fraction of sp³-hybridized carbons (Fsp3) is 0.222. The third-order valence-electron chi connectivity index (χ3n) is 4.05. The summed E-state index contributed by atoms with van der Waals surface area (Å²) in [5.41, 5.74) is 2.53. The number of fused-ring (bicyclic) bond motifs is 1. The maximum atomic E-state index is 12.5. The molecule has 116 valence electrons. The van der Waals surface area contributed by atoms with Crippen LogP contribution >= 0.6 is 0 Å². The van der Waals surface area contributed by atoms with Gasteiger partial charge in [0.05, 0.1) is 13.1 Å². The van der Waals surface area contributed by atoms with Gasteiger partial charge in [-0.1, -0.05) is 24.3 Å². The summed E-state index contributed by atoms with van der Waals surface area (Å²) in [5, 5.41) is 1.05. The number of hydrogen-bond acceptors (Lipinski definition) is 3. The van der Waals surface area contributed by atoms with Crippen molar-refractivity contribution in [3.8, 4) is 5.88 Å². The number of nitrogens with zero attached hydrogens (tertiary/aromatic N) is 2. The molecule has 1 aliphatic heterocycles. The normalized spacial score (nSPS) is 14.7.